The molecule has 0 amide bonds. The Kier molecular flexibility index (Phi) is 4.96. The molecule has 5 heteroatoms. The largest absolute Gasteiger partial charge is 0.396 e. The van der Waals surface area contributed by atoms with Gasteiger partial charge in [-0.1, -0.05) is 29.8 Å². The molecule has 1 heterocycles. The predicted octanol–water partition coefficient (Wildman–Crippen LogP) is 4.20. The van der Waals surface area contributed by atoms with Crippen molar-refractivity contribution in [2.24, 2.45) is 0 Å². The van der Waals surface area contributed by atoms with E-state index in [9.17, 15) is 4.79 Å². The second kappa shape index (κ2) is 6.54. The van der Waals surface area contributed by atoms with E-state index in [0.717, 1.165) is 16.4 Å². The van der Waals surface area contributed by atoms with E-state index >= 15 is 0 Å². The zero-order valence-corrected chi connectivity index (χ0v) is 14.4. The van der Waals surface area contributed by atoms with Gasteiger partial charge in [-0.15, -0.1) is 23.1 Å². The van der Waals surface area contributed by atoms with Gasteiger partial charge in [0.25, 0.3) is 0 Å². The molecule has 3 nitrogen and oxygen atoms in total. The third-order valence-corrected chi connectivity index (χ3v) is 5.66. The fraction of sp³-hybridized carbons (Fsp3) is 0.312. The summed E-state index contributed by atoms with van der Waals surface area (Å²) >= 11 is 3.07. The van der Waals surface area contributed by atoms with Gasteiger partial charge in [0, 0.05) is 20.5 Å². The molecular formula is C16H20N2OS2. The third-order valence-electron chi connectivity index (χ3n) is 3.29. The lowest BCUT2D eigenvalue weighted by Crippen LogP contribution is -2.15. The Labute approximate surface area is 134 Å². The minimum Gasteiger partial charge on any atom is -0.396 e. The molecule has 0 aliphatic carbocycles. The molecule has 0 atom stereocenters. The van der Waals surface area contributed by atoms with Crippen LogP contribution in [0.1, 0.15) is 27.7 Å². The quantitative estimate of drug-likeness (QED) is 0.662. The summed E-state index contributed by atoms with van der Waals surface area (Å²) in [6.07, 6.45) is 1.99. The van der Waals surface area contributed by atoms with Crippen LogP contribution in [-0.4, -0.2) is 19.1 Å². The summed E-state index contributed by atoms with van der Waals surface area (Å²) in [6.45, 7) is 4.44. The number of thioether (sulfide) groups is 1. The molecule has 0 bridgehead atoms. The van der Waals surface area contributed by atoms with Crippen LogP contribution in [0.2, 0.25) is 0 Å². The van der Waals surface area contributed by atoms with E-state index in [4.69, 9.17) is 5.73 Å². The van der Waals surface area contributed by atoms with Crippen molar-refractivity contribution in [3.8, 4) is 0 Å². The van der Waals surface area contributed by atoms with E-state index in [2.05, 4.69) is 36.1 Å². The average Bonchev–Trinajstić information content (AvgIpc) is 2.78. The van der Waals surface area contributed by atoms with Crippen LogP contribution in [0.15, 0.2) is 29.2 Å². The number of aryl methyl sites for hydroxylation is 1. The van der Waals surface area contributed by atoms with Crippen molar-refractivity contribution >= 4 is 39.6 Å². The molecule has 0 radical (unpaired) electrons. The molecule has 0 fully saturated rings. The second-order valence-electron chi connectivity index (χ2n) is 5.08. The molecule has 0 saturated carbocycles. The van der Waals surface area contributed by atoms with Crippen molar-refractivity contribution in [3.63, 3.8) is 0 Å². The summed E-state index contributed by atoms with van der Waals surface area (Å²) < 4.78 is 0. The van der Waals surface area contributed by atoms with Crippen LogP contribution in [0.5, 0.6) is 0 Å². The molecule has 2 N–H and O–H groups in total. The van der Waals surface area contributed by atoms with Crippen molar-refractivity contribution in [1.82, 2.24) is 0 Å². The van der Waals surface area contributed by atoms with Gasteiger partial charge in [0.05, 0.1) is 15.5 Å². The van der Waals surface area contributed by atoms with Crippen molar-refractivity contribution in [2.45, 2.75) is 25.3 Å². The molecule has 0 aliphatic rings. The standard InChI is InChI=1S/C16H20N2OS2/c1-10-5-7-12(8-6-10)9-18(3)16-15(20-4)13(17)14(21-16)11(2)19/h5-8H,9,17H2,1-4H3. The van der Waals surface area contributed by atoms with E-state index in [0.29, 0.717) is 10.6 Å². The maximum absolute atomic E-state index is 11.7. The number of carbonyl (C=O) groups excluding carboxylic acids is 1. The number of carbonyl (C=O) groups is 1. The first kappa shape index (κ1) is 15.9. The molecule has 0 saturated heterocycles. The SMILES string of the molecule is CSc1c(N(C)Cc2ccc(C)cc2)sc(C(C)=O)c1N. The Morgan fingerprint density at radius 1 is 1.33 bits per heavy atom. The number of thiophene rings is 1. The number of nitrogens with zero attached hydrogens (tertiary/aromatic N) is 1. The molecule has 112 valence electrons. The highest BCUT2D eigenvalue weighted by atomic mass is 32.2. The minimum absolute atomic E-state index is 0.0304. The van der Waals surface area contributed by atoms with Gasteiger partial charge in [-0.05, 0) is 18.7 Å². The molecule has 2 aromatic rings. The highest BCUT2D eigenvalue weighted by Crippen LogP contribution is 2.43. The fourth-order valence-corrected chi connectivity index (χ4v) is 4.23. The van der Waals surface area contributed by atoms with Gasteiger partial charge in [0.15, 0.2) is 5.78 Å². The van der Waals surface area contributed by atoms with Crippen LogP contribution < -0.4 is 10.6 Å². The number of ketones is 1. The summed E-state index contributed by atoms with van der Waals surface area (Å²) in [5.41, 5.74) is 9.22. The first-order valence-corrected chi connectivity index (χ1v) is 8.72. The number of anilines is 2. The van der Waals surface area contributed by atoms with Gasteiger partial charge in [-0.25, -0.2) is 0 Å². The summed E-state index contributed by atoms with van der Waals surface area (Å²) in [5.74, 6) is 0.0304. The molecular weight excluding hydrogens is 300 g/mol. The van der Waals surface area contributed by atoms with E-state index in [1.54, 1.807) is 18.7 Å². The lowest BCUT2D eigenvalue weighted by molar-refractivity contribution is 0.102. The first-order chi connectivity index (χ1) is 9.93. The number of Topliss-reactive ketones (excluding diaryl/α,β-unsaturated/α-hetero) is 1. The topological polar surface area (TPSA) is 46.3 Å². The van der Waals surface area contributed by atoms with Crippen molar-refractivity contribution in [3.05, 3.63) is 40.3 Å². The number of nitrogens with two attached hydrogens (primary N) is 1. The van der Waals surface area contributed by atoms with Gasteiger partial charge in [0.2, 0.25) is 0 Å². The summed E-state index contributed by atoms with van der Waals surface area (Å²) in [4.78, 5) is 15.5. The maximum Gasteiger partial charge on any atom is 0.171 e. The Morgan fingerprint density at radius 2 is 1.95 bits per heavy atom. The molecule has 0 unspecified atom stereocenters. The normalized spacial score (nSPS) is 10.7. The Balaban J connectivity index is 2.30. The lowest BCUT2D eigenvalue weighted by Gasteiger charge is -2.19. The molecule has 0 aliphatic heterocycles. The highest BCUT2D eigenvalue weighted by Gasteiger charge is 2.20. The van der Waals surface area contributed by atoms with Gasteiger partial charge in [0.1, 0.15) is 5.00 Å². The van der Waals surface area contributed by atoms with Crippen LogP contribution in [0.25, 0.3) is 0 Å². The van der Waals surface area contributed by atoms with Crippen molar-refractivity contribution in [2.75, 3.05) is 23.9 Å². The van der Waals surface area contributed by atoms with E-state index in [1.165, 1.54) is 22.5 Å². The zero-order chi connectivity index (χ0) is 15.6. The van der Waals surface area contributed by atoms with Crippen LogP contribution in [0.4, 0.5) is 10.7 Å². The maximum atomic E-state index is 11.7. The number of benzene rings is 1. The molecule has 21 heavy (non-hydrogen) atoms. The van der Waals surface area contributed by atoms with E-state index < -0.39 is 0 Å². The van der Waals surface area contributed by atoms with Crippen molar-refractivity contribution in [1.29, 1.82) is 0 Å². The molecule has 0 spiro atoms. The highest BCUT2D eigenvalue weighted by molar-refractivity contribution is 7.99. The smallest absolute Gasteiger partial charge is 0.171 e. The van der Waals surface area contributed by atoms with Crippen LogP contribution in [0.3, 0.4) is 0 Å². The number of rotatable bonds is 5. The zero-order valence-electron chi connectivity index (χ0n) is 12.8. The Bertz CT molecular complexity index is 647. The van der Waals surface area contributed by atoms with Crippen LogP contribution in [-0.2, 0) is 6.54 Å². The van der Waals surface area contributed by atoms with Gasteiger partial charge in [-0.2, -0.15) is 0 Å². The number of hydrogen-bond donors (Lipinski definition) is 1. The molecule has 1 aromatic carbocycles. The summed E-state index contributed by atoms with van der Waals surface area (Å²) in [7, 11) is 2.04. The van der Waals surface area contributed by atoms with Gasteiger partial charge >= 0.3 is 0 Å². The van der Waals surface area contributed by atoms with E-state index in [-0.39, 0.29) is 5.78 Å². The van der Waals surface area contributed by atoms with Crippen LogP contribution >= 0.6 is 23.1 Å². The number of nitrogen functional groups attached to an aromatic ring is 1. The summed E-state index contributed by atoms with van der Waals surface area (Å²) in [5, 5.41) is 1.06. The monoisotopic (exact) mass is 320 g/mol. The fourth-order valence-electron chi connectivity index (χ4n) is 2.17. The Hall–Kier alpha value is -1.46. The lowest BCUT2D eigenvalue weighted by atomic mass is 10.1. The van der Waals surface area contributed by atoms with E-state index in [1.807, 2.05) is 13.3 Å². The van der Waals surface area contributed by atoms with Gasteiger partial charge in [-0.3, -0.25) is 4.79 Å². The predicted molar refractivity (Wildman–Crippen MR) is 93.8 cm³/mol. The van der Waals surface area contributed by atoms with Crippen molar-refractivity contribution < 1.29 is 4.79 Å². The first-order valence-electron chi connectivity index (χ1n) is 6.68. The Morgan fingerprint density at radius 3 is 2.48 bits per heavy atom. The molecule has 2 rings (SSSR count). The average molecular weight is 320 g/mol. The third kappa shape index (κ3) is 3.41. The number of hydrogen-bond acceptors (Lipinski definition) is 5. The minimum atomic E-state index is 0.0304. The second-order valence-corrected chi connectivity index (χ2v) is 6.90. The summed E-state index contributed by atoms with van der Waals surface area (Å²) in [6, 6.07) is 8.49. The van der Waals surface area contributed by atoms with Gasteiger partial charge < -0.3 is 10.6 Å². The van der Waals surface area contributed by atoms with Crippen LogP contribution in [0, 0.1) is 6.92 Å². The molecule has 1 aromatic heterocycles.